The van der Waals surface area contributed by atoms with Crippen LogP contribution in [-0.4, -0.2) is 36.5 Å². The summed E-state index contributed by atoms with van der Waals surface area (Å²) in [5, 5.41) is 3.01. The van der Waals surface area contributed by atoms with Gasteiger partial charge in [-0.15, -0.1) is 11.3 Å². The van der Waals surface area contributed by atoms with Crippen LogP contribution in [0.1, 0.15) is 43.3 Å². The molecule has 1 aromatic carbocycles. The first-order valence-electron chi connectivity index (χ1n) is 9.03. The molecule has 6 heteroatoms. The van der Waals surface area contributed by atoms with E-state index in [0.29, 0.717) is 10.4 Å². The Morgan fingerprint density at radius 2 is 1.88 bits per heavy atom. The summed E-state index contributed by atoms with van der Waals surface area (Å²) in [6.45, 7) is 9.42. The summed E-state index contributed by atoms with van der Waals surface area (Å²) in [6.07, 6.45) is 1.96. The number of carbonyl (C=O) groups is 1. The van der Waals surface area contributed by atoms with Crippen LogP contribution in [0.5, 0.6) is 0 Å². The van der Waals surface area contributed by atoms with E-state index in [1.807, 2.05) is 6.92 Å². The van der Waals surface area contributed by atoms with E-state index >= 15 is 0 Å². The smallest absolute Gasteiger partial charge is 0.261 e. The van der Waals surface area contributed by atoms with E-state index in [9.17, 15) is 13.6 Å². The molecule has 0 fully saturated rings. The maximum absolute atomic E-state index is 13.4. The fourth-order valence-electron chi connectivity index (χ4n) is 2.79. The molecule has 0 saturated heterocycles. The van der Waals surface area contributed by atoms with Crippen LogP contribution in [0.2, 0.25) is 0 Å². The maximum Gasteiger partial charge on any atom is 0.261 e. The highest BCUT2D eigenvalue weighted by Crippen LogP contribution is 2.29. The monoisotopic (exact) mass is 380 g/mol. The third kappa shape index (κ3) is 5.61. The van der Waals surface area contributed by atoms with Crippen LogP contribution in [0.4, 0.5) is 8.78 Å². The number of nitrogens with zero attached hydrogens (tertiary/aromatic N) is 1. The Morgan fingerprint density at radius 1 is 1.15 bits per heavy atom. The average molecular weight is 381 g/mol. The zero-order chi connectivity index (χ0) is 19.1. The Bertz CT molecular complexity index is 728. The van der Waals surface area contributed by atoms with Gasteiger partial charge in [-0.3, -0.25) is 4.79 Å². The molecule has 0 unspecified atom stereocenters. The van der Waals surface area contributed by atoms with E-state index in [1.165, 1.54) is 17.4 Å². The van der Waals surface area contributed by atoms with E-state index in [1.54, 1.807) is 12.1 Å². The SMILES string of the molecule is CCN(CC)CCC[C@@H](C)NC(=O)c1ccc(-c2ccc(F)c(F)c2)s1. The van der Waals surface area contributed by atoms with Crippen molar-refractivity contribution in [2.45, 2.75) is 39.7 Å². The summed E-state index contributed by atoms with van der Waals surface area (Å²) >= 11 is 1.28. The first-order valence-corrected chi connectivity index (χ1v) is 9.84. The van der Waals surface area contributed by atoms with E-state index < -0.39 is 11.6 Å². The standard InChI is InChI=1S/C20H26F2N2OS/c1-4-24(5-2)12-6-7-14(3)23-20(25)19-11-10-18(26-19)15-8-9-16(21)17(22)13-15/h8-11,13-14H,4-7,12H2,1-3H3,(H,23,25)/t14-/m1/s1. The zero-order valence-corrected chi connectivity index (χ0v) is 16.3. The lowest BCUT2D eigenvalue weighted by atomic mass is 10.1. The van der Waals surface area contributed by atoms with Gasteiger partial charge in [-0.25, -0.2) is 8.78 Å². The number of halogens is 2. The summed E-state index contributed by atoms with van der Waals surface area (Å²) in [4.78, 5) is 16.1. The molecule has 0 radical (unpaired) electrons. The number of hydrogen-bond acceptors (Lipinski definition) is 3. The van der Waals surface area contributed by atoms with Crippen molar-refractivity contribution < 1.29 is 13.6 Å². The highest BCUT2D eigenvalue weighted by Gasteiger charge is 2.14. The van der Waals surface area contributed by atoms with Gasteiger partial charge in [-0.1, -0.05) is 19.9 Å². The normalized spacial score (nSPS) is 12.4. The number of hydrogen-bond donors (Lipinski definition) is 1. The van der Waals surface area contributed by atoms with Gasteiger partial charge in [-0.2, -0.15) is 0 Å². The largest absolute Gasteiger partial charge is 0.349 e. The molecule has 3 nitrogen and oxygen atoms in total. The molecule has 1 amide bonds. The van der Waals surface area contributed by atoms with Crippen LogP contribution in [0.3, 0.4) is 0 Å². The van der Waals surface area contributed by atoms with Gasteiger partial charge in [0.2, 0.25) is 0 Å². The van der Waals surface area contributed by atoms with Crippen LogP contribution in [0.25, 0.3) is 10.4 Å². The third-order valence-electron chi connectivity index (χ3n) is 4.42. The van der Waals surface area contributed by atoms with Crippen molar-refractivity contribution >= 4 is 17.2 Å². The van der Waals surface area contributed by atoms with Gasteiger partial charge in [0.15, 0.2) is 11.6 Å². The summed E-state index contributed by atoms with van der Waals surface area (Å²) in [5.41, 5.74) is 0.570. The molecule has 2 aromatic rings. The molecule has 1 atom stereocenters. The number of amides is 1. The maximum atomic E-state index is 13.4. The number of rotatable bonds is 9. The second kappa shape index (κ2) is 9.78. The number of nitrogens with one attached hydrogen (secondary N) is 1. The molecule has 0 aliphatic heterocycles. The van der Waals surface area contributed by atoms with Crippen molar-refractivity contribution in [2.75, 3.05) is 19.6 Å². The van der Waals surface area contributed by atoms with Crippen molar-refractivity contribution in [1.29, 1.82) is 0 Å². The van der Waals surface area contributed by atoms with Gasteiger partial charge in [0.05, 0.1) is 4.88 Å². The van der Waals surface area contributed by atoms with Crippen molar-refractivity contribution in [3.63, 3.8) is 0 Å². The first-order chi connectivity index (χ1) is 12.4. The first kappa shape index (κ1) is 20.5. The van der Waals surface area contributed by atoms with Crippen molar-refractivity contribution in [3.8, 4) is 10.4 Å². The molecule has 1 aromatic heterocycles. The number of benzene rings is 1. The zero-order valence-electron chi connectivity index (χ0n) is 15.5. The highest BCUT2D eigenvalue weighted by molar-refractivity contribution is 7.17. The Morgan fingerprint density at radius 3 is 2.54 bits per heavy atom. The Hall–Kier alpha value is -1.79. The third-order valence-corrected chi connectivity index (χ3v) is 5.55. The number of thiophene rings is 1. The fourth-order valence-corrected chi connectivity index (χ4v) is 3.70. The van der Waals surface area contributed by atoms with E-state index in [4.69, 9.17) is 0 Å². The molecule has 2 rings (SSSR count). The summed E-state index contributed by atoms with van der Waals surface area (Å²) in [6, 6.07) is 7.34. The molecule has 1 N–H and O–H groups in total. The Kier molecular flexibility index (Phi) is 7.72. The molecule has 0 aliphatic carbocycles. The summed E-state index contributed by atoms with van der Waals surface area (Å²) in [7, 11) is 0. The minimum Gasteiger partial charge on any atom is -0.349 e. The van der Waals surface area contributed by atoms with Crippen LogP contribution < -0.4 is 5.32 Å². The van der Waals surface area contributed by atoms with E-state index in [2.05, 4.69) is 24.1 Å². The molecule has 0 bridgehead atoms. The van der Waals surface area contributed by atoms with Gasteiger partial charge in [0.1, 0.15) is 0 Å². The second-order valence-electron chi connectivity index (χ2n) is 6.34. The summed E-state index contributed by atoms with van der Waals surface area (Å²) in [5.74, 6) is -1.88. The lowest BCUT2D eigenvalue weighted by molar-refractivity contribution is 0.0941. The molecular weight excluding hydrogens is 354 g/mol. The van der Waals surface area contributed by atoms with Crippen molar-refractivity contribution in [1.82, 2.24) is 10.2 Å². The quantitative estimate of drug-likeness (QED) is 0.669. The molecule has 0 aliphatic rings. The summed E-state index contributed by atoms with van der Waals surface area (Å²) < 4.78 is 26.4. The molecule has 142 valence electrons. The lowest BCUT2D eigenvalue weighted by Crippen LogP contribution is -2.33. The number of carbonyl (C=O) groups excluding carboxylic acids is 1. The van der Waals surface area contributed by atoms with Gasteiger partial charge < -0.3 is 10.2 Å². The highest BCUT2D eigenvalue weighted by atomic mass is 32.1. The lowest BCUT2D eigenvalue weighted by Gasteiger charge is -2.19. The van der Waals surface area contributed by atoms with Gasteiger partial charge >= 0.3 is 0 Å². The Balaban J connectivity index is 1.90. The minimum absolute atomic E-state index is 0.0897. The van der Waals surface area contributed by atoms with E-state index in [0.717, 1.165) is 49.5 Å². The molecule has 1 heterocycles. The van der Waals surface area contributed by atoms with Crippen molar-refractivity contribution in [2.24, 2.45) is 0 Å². The van der Waals surface area contributed by atoms with Crippen LogP contribution in [0.15, 0.2) is 30.3 Å². The van der Waals surface area contributed by atoms with Crippen LogP contribution >= 0.6 is 11.3 Å². The fraction of sp³-hybridized carbons (Fsp3) is 0.450. The predicted octanol–water partition coefficient (Wildman–Crippen LogP) is 4.93. The van der Waals surface area contributed by atoms with Crippen molar-refractivity contribution in [3.05, 3.63) is 46.8 Å². The Labute approximate surface area is 158 Å². The van der Waals surface area contributed by atoms with Gasteiger partial charge in [0, 0.05) is 10.9 Å². The van der Waals surface area contributed by atoms with Gasteiger partial charge in [-0.05, 0) is 69.2 Å². The van der Waals surface area contributed by atoms with Crippen LogP contribution in [-0.2, 0) is 0 Å². The molecular formula is C20H26F2N2OS. The topological polar surface area (TPSA) is 32.3 Å². The molecule has 0 spiro atoms. The second-order valence-corrected chi connectivity index (χ2v) is 7.42. The minimum atomic E-state index is -0.885. The molecule has 26 heavy (non-hydrogen) atoms. The predicted molar refractivity (Wildman–Crippen MR) is 104 cm³/mol. The van der Waals surface area contributed by atoms with E-state index in [-0.39, 0.29) is 11.9 Å². The van der Waals surface area contributed by atoms with Crippen LogP contribution in [0, 0.1) is 11.6 Å². The van der Waals surface area contributed by atoms with Gasteiger partial charge in [0.25, 0.3) is 5.91 Å². The molecule has 0 saturated carbocycles. The average Bonchev–Trinajstić information content (AvgIpc) is 3.11.